The van der Waals surface area contributed by atoms with Crippen LogP contribution in [0.15, 0.2) is 53.4 Å². The second-order valence-corrected chi connectivity index (χ2v) is 8.86. The number of hydrogen-bond donors (Lipinski definition) is 1. The summed E-state index contributed by atoms with van der Waals surface area (Å²) in [4.78, 5) is 12.4. The second kappa shape index (κ2) is 8.66. The Morgan fingerprint density at radius 2 is 1.65 bits per heavy atom. The number of sulfonamides is 1. The smallest absolute Gasteiger partial charge is 0.242 e. The molecule has 26 heavy (non-hydrogen) atoms. The van der Waals surface area contributed by atoms with Crippen molar-refractivity contribution in [3.8, 4) is 0 Å². The number of amides is 1. The summed E-state index contributed by atoms with van der Waals surface area (Å²) in [6.07, 6.45) is 0.874. The molecule has 5 nitrogen and oxygen atoms in total. The van der Waals surface area contributed by atoms with E-state index in [1.165, 1.54) is 18.4 Å². The number of carbonyl (C=O) groups is 1. The molecule has 0 aliphatic rings. The van der Waals surface area contributed by atoms with E-state index < -0.39 is 10.0 Å². The van der Waals surface area contributed by atoms with E-state index in [2.05, 4.69) is 5.32 Å². The first-order valence-corrected chi connectivity index (χ1v) is 10.1. The summed E-state index contributed by atoms with van der Waals surface area (Å²) in [6, 6.07) is 13.9. The summed E-state index contributed by atoms with van der Waals surface area (Å²) in [5.41, 5.74) is 1.90. The monoisotopic (exact) mass is 394 g/mol. The van der Waals surface area contributed by atoms with Crippen molar-refractivity contribution < 1.29 is 13.2 Å². The number of halogens is 1. The van der Waals surface area contributed by atoms with Crippen LogP contribution in [0.5, 0.6) is 0 Å². The van der Waals surface area contributed by atoms with Gasteiger partial charge in [0, 0.05) is 25.5 Å². The molecule has 2 aromatic carbocycles. The molecular weight excluding hydrogens is 372 g/mol. The molecule has 0 aromatic heterocycles. The van der Waals surface area contributed by atoms with Gasteiger partial charge in [0.1, 0.15) is 0 Å². The fourth-order valence-electron chi connectivity index (χ4n) is 2.45. The molecule has 0 aliphatic heterocycles. The molecule has 0 heterocycles. The Hall–Kier alpha value is -1.89. The fourth-order valence-corrected chi connectivity index (χ4v) is 3.47. The van der Waals surface area contributed by atoms with Crippen molar-refractivity contribution >= 4 is 27.5 Å². The van der Waals surface area contributed by atoms with Crippen molar-refractivity contribution in [3.63, 3.8) is 0 Å². The van der Waals surface area contributed by atoms with Crippen molar-refractivity contribution in [1.29, 1.82) is 0 Å². The number of rotatable bonds is 7. The molecule has 140 valence electrons. The normalized spacial score (nSPS) is 12.8. The van der Waals surface area contributed by atoms with Gasteiger partial charge in [0.25, 0.3) is 0 Å². The second-order valence-electron chi connectivity index (χ2n) is 6.27. The summed E-state index contributed by atoms with van der Waals surface area (Å²) in [7, 11) is -0.439. The van der Waals surface area contributed by atoms with Crippen LogP contribution in [0.3, 0.4) is 0 Å². The highest BCUT2D eigenvalue weighted by Crippen LogP contribution is 2.17. The number of carbonyl (C=O) groups excluding carboxylic acids is 1. The first-order chi connectivity index (χ1) is 12.2. The third-order valence-corrected chi connectivity index (χ3v) is 6.17. The predicted octanol–water partition coefficient (Wildman–Crippen LogP) is 3.40. The molecule has 1 atom stereocenters. The van der Waals surface area contributed by atoms with Crippen LogP contribution >= 0.6 is 11.6 Å². The maximum absolute atomic E-state index is 12.1. The van der Waals surface area contributed by atoms with Crippen LogP contribution in [0.1, 0.15) is 30.5 Å². The zero-order valence-corrected chi connectivity index (χ0v) is 16.6. The molecule has 2 aromatic rings. The van der Waals surface area contributed by atoms with E-state index in [1.807, 2.05) is 19.1 Å². The first-order valence-electron chi connectivity index (χ1n) is 8.26. The van der Waals surface area contributed by atoms with Crippen molar-refractivity contribution in [1.82, 2.24) is 9.62 Å². The summed E-state index contributed by atoms with van der Waals surface area (Å²) < 4.78 is 25.3. The third-order valence-electron chi connectivity index (χ3n) is 4.09. The summed E-state index contributed by atoms with van der Waals surface area (Å²) in [5, 5.41) is 3.61. The maximum atomic E-state index is 12.1. The van der Waals surface area contributed by atoms with Crippen LogP contribution in [-0.4, -0.2) is 32.7 Å². The van der Waals surface area contributed by atoms with Gasteiger partial charge in [0.15, 0.2) is 0 Å². The van der Waals surface area contributed by atoms with Crippen molar-refractivity contribution in [3.05, 3.63) is 64.7 Å². The molecule has 1 amide bonds. The third kappa shape index (κ3) is 5.30. The van der Waals surface area contributed by atoms with Gasteiger partial charge in [0.2, 0.25) is 15.9 Å². The van der Waals surface area contributed by atoms with Gasteiger partial charge in [-0.2, -0.15) is 0 Å². The molecule has 0 fully saturated rings. The lowest BCUT2D eigenvalue weighted by molar-refractivity contribution is -0.121. The van der Waals surface area contributed by atoms with Crippen molar-refractivity contribution in [2.24, 2.45) is 0 Å². The molecule has 7 heteroatoms. The van der Waals surface area contributed by atoms with Crippen LogP contribution < -0.4 is 5.32 Å². The molecule has 0 radical (unpaired) electrons. The standard InChI is InChI=1S/C19H23ClN2O3S/c1-14(16-7-9-17(20)10-8-16)21-19(23)13-6-15-4-11-18(12-5-15)26(24,25)22(2)3/h4-5,7-12,14H,6,13H2,1-3H3,(H,21,23)/t14-/m1/s1. The lowest BCUT2D eigenvalue weighted by atomic mass is 10.1. The lowest BCUT2D eigenvalue weighted by Gasteiger charge is -2.14. The minimum absolute atomic E-state index is 0.0579. The van der Waals surface area contributed by atoms with E-state index in [4.69, 9.17) is 11.6 Å². The Labute approximate surface area is 160 Å². The van der Waals surface area contributed by atoms with Crippen LogP contribution in [0, 0.1) is 0 Å². The van der Waals surface area contributed by atoms with Gasteiger partial charge in [-0.25, -0.2) is 12.7 Å². The Kier molecular flexibility index (Phi) is 6.81. The number of nitrogens with one attached hydrogen (secondary N) is 1. The maximum Gasteiger partial charge on any atom is 0.242 e. The highest BCUT2D eigenvalue weighted by atomic mass is 35.5. The van der Waals surface area contributed by atoms with Crippen LogP contribution in [-0.2, 0) is 21.2 Å². The van der Waals surface area contributed by atoms with Gasteiger partial charge in [-0.3, -0.25) is 4.79 Å². The van der Waals surface area contributed by atoms with Crippen LogP contribution in [0.25, 0.3) is 0 Å². The Morgan fingerprint density at radius 3 is 2.19 bits per heavy atom. The van der Waals surface area contributed by atoms with Crippen molar-refractivity contribution in [2.45, 2.75) is 30.7 Å². The number of benzene rings is 2. The Morgan fingerprint density at radius 1 is 1.08 bits per heavy atom. The lowest BCUT2D eigenvalue weighted by Crippen LogP contribution is -2.26. The van der Waals surface area contributed by atoms with Gasteiger partial charge in [-0.1, -0.05) is 35.9 Å². The Bertz CT molecular complexity index is 847. The molecule has 0 spiro atoms. The highest BCUT2D eigenvalue weighted by molar-refractivity contribution is 7.89. The van der Waals surface area contributed by atoms with Gasteiger partial charge >= 0.3 is 0 Å². The molecule has 0 saturated heterocycles. The fraction of sp³-hybridized carbons (Fsp3) is 0.316. The quantitative estimate of drug-likeness (QED) is 0.782. The summed E-state index contributed by atoms with van der Waals surface area (Å²) in [5.74, 6) is -0.0579. The van der Waals surface area contributed by atoms with E-state index in [-0.39, 0.29) is 16.8 Å². The number of hydrogen-bond acceptors (Lipinski definition) is 3. The molecule has 2 rings (SSSR count). The van der Waals surface area contributed by atoms with E-state index in [9.17, 15) is 13.2 Å². The molecule has 0 saturated carbocycles. The van der Waals surface area contributed by atoms with E-state index in [1.54, 1.807) is 36.4 Å². The molecular formula is C19H23ClN2O3S. The van der Waals surface area contributed by atoms with E-state index in [0.717, 1.165) is 11.1 Å². The topological polar surface area (TPSA) is 66.5 Å². The molecule has 0 aliphatic carbocycles. The van der Waals surface area contributed by atoms with Crippen LogP contribution in [0.4, 0.5) is 0 Å². The Balaban J connectivity index is 1.90. The SMILES string of the molecule is C[C@@H](NC(=O)CCc1ccc(S(=O)(=O)N(C)C)cc1)c1ccc(Cl)cc1. The number of nitrogens with zero attached hydrogens (tertiary/aromatic N) is 1. The average molecular weight is 395 g/mol. The van der Waals surface area contributed by atoms with E-state index >= 15 is 0 Å². The van der Waals surface area contributed by atoms with Gasteiger partial charge in [0.05, 0.1) is 10.9 Å². The molecule has 0 bridgehead atoms. The largest absolute Gasteiger partial charge is 0.350 e. The average Bonchev–Trinajstić information content (AvgIpc) is 2.60. The van der Waals surface area contributed by atoms with E-state index in [0.29, 0.717) is 17.9 Å². The molecule has 0 unspecified atom stereocenters. The minimum Gasteiger partial charge on any atom is -0.350 e. The first kappa shape index (κ1) is 20.4. The molecule has 1 N–H and O–H groups in total. The summed E-state index contributed by atoms with van der Waals surface area (Å²) >= 11 is 5.87. The van der Waals surface area contributed by atoms with Crippen LogP contribution in [0.2, 0.25) is 5.02 Å². The minimum atomic E-state index is -3.43. The van der Waals surface area contributed by atoms with Gasteiger partial charge < -0.3 is 5.32 Å². The highest BCUT2D eigenvalue weighted by Gasteiger charge is 2.16. The zero-order chi connectivity index (χ0) is 19.3. The van der Waals surface area contributed by atoms with Crippen molar-refractivity contribution in [2.75, 3.05) is 14.1 Å². The predicted molar refractivity (Wildman–Crippen MR) is 104 cm³/mol. The summed E-state index contributed by atoms with van der Waals surface area (Å²) in [6.45, 7) is 1.92. The number of aryl methyl sites for hydroxylation is 1. The van der Waals surface area contributed by atoms with Gasteiger partial charge in [-0.15, -0.1) is 0 Å². The zero-order valence-electron chi connectivity index (χ0n) is 15.1. The van der Waals surface area contributed by atoms with Gasteiger partial charge in [-0.05, 0) is 48.7 Å².